The Morgan fingerprint density at radius 3 is 2.65 bits per heavy atom. The monoisotopic (exact) mass is 512 g/mol. The number of benzene rings is 2. The molecule has 0 spiro atoms. The number of aromatic nitrogens is 1. The molecule has 190 valence electrons. The van der Waals surface area contributed by atoms with E-state index in [2.05, 4.69) is 38.2 Å². The number of hydrogen-bond acceptors (Lipinski definition) is 5. The van der Waals surface area contributed by atoms with Gasteiger partial charge in [-0.25, -0.2) is 9.78 Å². The zero-order valence-electron chi connectivity index (χ0n) is 21.8. The number of thiophene rings is 1. The van der Waals surface area contributed by atoms with E-state index in [1.165, 1.54) is 27.3 Å². The van der Waals surface area contributed by atoms with Gasteiger partial charge in [0.15, 0.2) is 0 Å². The lowest BCUT2D eigenvalue weighted by Crippen LogP contribution is -2.17. The number of amides is 1. The highest BCUT2D eigenvalue weighted by Gasteiger charge is 2.30. The number of hydrogen-bond donors (Lipinski definition) is 1. The second kappa shape index (κ2) is 10.5. The lowest BCUT2D eigenvalue weighted by atomic mass is 9.85. The quantitative estimate of drug-likeness (QED) is 0.271. The zero-order chi connectivity index (χ0) is 26.1. The van der Waals surface area contributed by atoms with Crippen molar-refractivity contribution in [2.45, 2.75) is 53.4 Å². The van der Waals surface area contributed by atoms with Gasteiger partial charge >= 0.3 is 5.97 Å². The molecule has 5 rings (SSSR count). The molecule has 1 atom stereocenters. The van der Waals surface area contributed by atoms with Gasteiger partial charge in [0.1, 0.15) is 5.00 Å². The summed E-state index contributed by atoms with van der Waals surface area (Å²) in [5.74, 6) is -0.00469. The van der Waals surface area contributed by atoms with Gasteiger partial charge in [-0.3, -0.25) is 4.79 Å². The molecule has 2 aromatic carbocycles. The van der Waals surface area contributed by atoms with Crippen LogP contribution in [0, 0.1) is 19.8 Å². The molecule has 1 aliphatic carbocycles. The summed E-state index contributed by atoms with van der Waals surface area (Å²) >= 11 is 1.52. The first-order valence-corrected chi connectivity index (χ1v) is 13.8. The minimum atomic E-state index is -0.361. The van der Waals surface area contributed by atoms with E-state index in [0.717, 1.165) is 53.4 Å². The number of fused-ring (bicyclic) bond motifs is 2. The van der Waals surface area contributed by atoms with Crippen LogP contribution >= 0.6 is 11.3 Å². The van der Waals surface area contributed by atoms with E-state index in [1.807, 2.05) is 36.4 Å². The number of nitrogens with zero attached hydrogens (tertiary/aromatic N) is 1. The summed E-state index contributed by atoms with van der Waals surface area (Å²) in [6.07, 6.45) is 3.93. The number of carbonyl (C=O) groups is 2. The Balaban J connectivity index is 1.57. The van der Waals surface area contributed by atoms with Crippen molar-refractivity contribution in [3.8, 4) is 11.3 Å². The number of para-hydroxylation sites is 1. The molecule has 0 saturated carbocycles. The van der Waals surface area contributed by atoms with Crippen molar-refractivity contribution in [1.29, 1.82) is 0 Å². The smallest absolute Gasteiger partial charge is 0.341 e. The highest BCUT2D eigenvalue weighted by atomic mass is 32.1. The summed E-state index contributed by atoms with van der Waals surface area (Å²) in [6, 6.07) is 15.8. The molecule has 37 heavy (non-hydrogen) atoms. The summed E-state index contributed by atoms with van der Waals surface area (Å²) in [6.45, 7) is 8.46. The van der Waals surface area contributed by atoms with Crippen molar-refractivity contribution in [1.82, 2.24) is 4.98 Å². The Morgan fingerprint density at radius 1 is 1.08 bits per heavy atom. The standard InChI is InChI=1S/C31H32N2O3S/c1-5-20-12-14-23-27(16-20)37-30(28(23)31(35)36-6-2)33-29(34)24-17-26(21-13-11-18(3)19(4)15-21)32-25-10-8-7-9-22(24)25/h7-11,13,15,17,20H,5-6,12,14,16H2,1-4H3,(H,33,34)/t20-/m0/s1. The first-order valence-electron chi connectivity index (χ1n) is 13.0. The third-order valence-corrected chi connectivity index (χ3v) is 8.58. The van der Waals surface area contributed by atoms with Gasteiger partial charge in [0.05, 0.1) is 28.9 Å². The highest BCUT2D eigenvalue weighted by molar-refractivity contribution is 7.17. The molecule has 0 radical (unpaired) electrons. The maximum atomic E-state index is 13.8. The van der Waals surface area contributed by atoms with E-state index >= 15 is 0 Å². The van der Waals surface area contributed by atoms with Gasteiger partial charge in [0.25, 0.3) is 5.91 Å². The minimum absolute atomic E-state index is 0.250. The van der Waals surface area contributed by atoms with Crippen LogP contribution in [0.2, 0.25) is 0 Å². The van der Waals surface area contributed by atoms with Crippen molar-refractivity contribution in [2.24, 2.45) is 5.92 Å². The second-order valence-corrected chi connectivity index (χ2v) is 10.9. The third-order valence-electron chi connectivity index (χ3n) is 7.41. The van der Waals surface area contributed by atoms with Gasteiger partial charge in [-0.05, 0) is 80.8 Å². The Morgan fingerprint density at radius 2 is 1.89 bits per heavy atom. The van der Waals surface area contributed by atoms with Crippen LogP contribution in [0.25, 0.3) is 22.2 Å². The number of esters is 1. The molecule has 2 heterocycles. The maximum absolute atomic E-state index is 13.8. The van der Waals surface area contributed by atoms with Gasteiger partial charge in [0.2, 0.25) is 0 Å². The molecule has 0 unspecified atom stereocenters. The number of nitrogens with one attached hydrogen (secondary N) is 1. The van der Waals surface area contributed by atoms with Crippen LogP contribution in [-0.2, 0) is 17.6 Å². The van der Waals surface area contributed by atoms with Crippen LogP contribution in [0.4, 0.5) is 5.00 Å². The first kappa shape index (κ1) is 25.2. The molecular weight excluding hydrogens is 480 g/mol. The van der Waals surface area contributed by atoms with Gasteiger partial charge in [-0.15, -0.1) is 11.3 Å². The fraction of sp³-hybridized carbons (Fsp3) is 0.323. The molecule has 0 saturated heterocycles. The average Bonchev–Trinajstić information content (AvgIpc) is 3.26. The molecule has 4 aromatic rings. The molecule has 1 N–H and O–H groups in total. The van der Waals surface area contributed by atoms with Crippen molar-refractivity contribution in [2.75, 3.05) is 11.9 Å². The van der Waals surface area contributed by atoms with Gasteiger partial charge in [0, 0.05) is 15.8 Å². The Labute approximate surface area is 221 Å². The van der Waals surface area contributed by atoms with Crippen LogP contribution in [-0.4, -0.2) is 23.5 Å². The van der Waals surface area contributed by atoms with Crippen molar-refractivity contribution >= 4 is 39.1 Å². The summed E-state index contributed by atoms with van der Waals surface area (Å²) in [4.78, 5) is 32.9. The molecular formula is C31H32N2O3S. The van der Waals surface area contributed by atoms with Gasteiger partial charge < -0.3 is 10.1 Å². The maximum Gasteiger partial charge on any atom is 0.341 e. The van der Waals surface area contributed by atoms with Gasteiger partial charge in [-0.2, -0.15) is 0 Å². The third kappa shape index (κ3) is 4.90. The predicted octanol–water partition coefficient (Wildman–Crippen LogP) is 7.52. The number of ether oxygens (including phenoxy) is 1. The van der Waals surface area contributed by atoms with E-state index in [1.54, 1.807) is 6.92 Å². The molecule has 1 amide bonds. The molecule has 5 nitrogen and oxygen atoms in total. The normalized spacial score (nSPS) is 14.9. The van der Waals surface area contributed by atoms with Crippen LogP contribution < -0.4 is 5.32 Å². The number of pyridine rings is 1. The van der Waals surface area contributed by atoms with Crippen LogP contribution in [0.1, 0.15) is 69.0 Å². The molecule has 0 bridgehead atoms. The predicted molar refractivity (Wildman–Crippen MR) is 151 cm³/mol. The van der Waals surface area contributed by atoms with E-state index in [0.29, 0.717) is 28.7 Å². The number of carbonyl (C=O) groups excluding carboxylic acids is 2. The van der Waals surface area contributed by atoms with E-state index < -0.39 is 0 Å². The van der Waals surface area contributed by atoms with Crippen molar-refractivity contribution < 1.29 is 14.3 Å². The zero-order valence-corrected chi connectivity index (χ0v) is 22.6. The molecule has 0 aliphatic heterocycles. The molecule has 2 aromatic heterocycles. The van der Waals surface area contributed by atoms with Crippen LogP contribution in [0.15, 0.2) is 48.5 Å². The van der Waals surface area contributed by atoms with E-state index in [4.69, 9.17) is 9.72 Å². The van der Waals surface area contributed by atoms with Crippen molar-refractivity contribution in [3.63, 3.8) is 0 Å². The lowest BCUT2D eigenvalue weighted by Gasteiger charge is -2.20. The summed E-state index contributed by atoms with van der Waals surface area (Å²) in [5, 5.41) is 4.46. The van der Waals surface area contributed by atoms with Gasteiger partial charge in [-0.1, -0.05) is 43.7 Å². The fourth-order valence-electron chi connectivity index (χ4n) is 5.09. The number of rotatable bonds is 6. The first-order chi connectivity index (χ1) is 17.9. The topological polar surface area (TPSA) is 68.3 Å². The number of aryl methyl sites for hydroxylation is 2. The Hall–Kier alpha value is -3.51. The highest BCUT2D eigenvalue weighted by Crippen LogP contribution is 2.41. The van der Waals surface area contributed by atoms with E-state index in [9.17, 15) is 9.59 Å². The lowest BCUT2D eigenvalue weighted by molar-refractivity contribution is 0.0526. The fourth-order valence-corrected chi connectivity index (χ4v) is 6.44. The minimum Gasteiger partial charge on any atom is -0.462 e. The largest absolute Gasteiger partial charge is 0.462 e. The van der Waals surface area contributed by atoms with E-state index in [-0.39, 0.29) is 11.9 Å². The number of anilines is 1. The summed E-state index contributed by atoms with van der Waals surface area (Å²) in [7, 11) is 0. The summed E-state index contributed by atoms with van der Waals surface area (Å²) in [5.41, 5.74) is 6.95. The van der Waals surface area contributed by atoms with Crippen LogP contribution in [0.3, 0.4) is 0 Å². The average molecular weight is 513 g/mol. The molecule has 0 fully saturated rings. The summed E-state index contributed by atoms with van der Waals surface area (Å²) < 4.78 is 5.41. The molecule has 1 aliphatic rings. The Kier molecular flexibility index (Phi) is 7.11. The Bertz CT molecular complexity index is 1500. The second-order valence-electron chi connectivity index (χ2n) is 9.77. The molecule has 6 heteroatoms. The van der Waals surface area contributed by atoms with Crippen LogP contribution in [0.5, 0.6) is 0 Å². The van der Waals surface area contributed by atoms with Crippen molar-refractivity contribution in [3.05, 3.63) is 81.2 Å². The SMILES string of the molecule is CCOC(=O)c1c(NC(=O)c2cc(-c3ccc(C)c(C)c3)nc3ccccc23)sc2c1CC[C@H](CC)C2.